The first-order valence-corrected chi connectivity index (χ1v) is 6.59. The Labute approximate surface area is 104 Å². The molecular weight excluding hydrogens is 268 g/mol. The Morgan fingerprint density at radius 2 is 2.12 bits per heavy atom. The molecule has 0 bridgehead atoms. The lowest BCUT2D eigenvalue weighted by atomic mass is 9.98. The van der Waals surface area contributed by atoms with Gasteiger partial charge in [-0.3, -0.25) is 9.48 Å². The van der Waals surface area contributed by atoms with Crippen molar-refractivity contribution in [2.24, 2.45) is 11.8 Å². The van der Waals surface area contributed by atoms with E-state index in [2.05, 4.69) is 21.0 Å². The largest absolute Gasteiger partial charge is 0.292 e. The lowest BCUT2D eigenvalue weighted by molar-refractivity contribution is 0.0902. The standard InChI is InChI=1S/C12H17BrN2O/c1-7(2)15-11(10(13)6-14-15)12(16)8(3)9-4-5-9/h6-9H,4-5H2,1-3H3. The number of halogens is 1. The van der Waals surface area contributed by atoms with Crippen LogP contribution in [-0.2, 0) is 0 Å². The molecule has 0 radical (unpaired) electrons. The molecule has 1 fully saturated rings. The van der Waals surface area contributed by atoms with Gasteiger partial charge in [0.05, 0.1) is 10.7 Å². The monoisotopic (exact) mass is 284 g/mol. The van der Waals surface area contributed by atoms with Crippen LogP contribution in [0.15, 0.2) is 10.7 Å². The van der Waals surface area contributed by atoms with Crippen LogP contribution in [0.3, 0.4) is 0 Å². The van der Waals surface area contributed by atoms with E-state index in [1.807, 2.05) is 25.5 Å². The molecule has 1 unspecified atom stereocenters. The predicted molar refractivity (Wildman–Crippen MR) is 66.5 cm³/mol. The fourth-order valence-corrected chi connectivity index (χ4v) is 2.46. The third-order valence-electron chi connectivity index (χ3n) is 3.22. The van der Waals surface area contributed by atoms with E-state index in [-0.39, 0.29) is 17.7 Å². The summed E-state index contributed by atoms with van der Waals surface area (Å²) < 4.78 is 2.63. The smallest absolute Gasteiger partial charge is 0.185 e. The summed E-state index contributed by atoms with van der Waals surface area (Å²) in [4.78, 5) is 12.3. The van der Waals surface area contributed by atoms with E-state index < -0.39 is 0 Å². The zero-order chi connectivity index (χ0) is 11.9. The molecule has 0 saturated heterocycles. The van der Waals surface area contributed by atoms with Gasteiger partial charge in [-0.2, -0.15) is 5.10 Å². The van der Waals surface area contributed by atoms with E-state index in [4.69, 9.17) is 0 Å². The minimum Gasteiger partial charge on any atom is -0.292 e. The van der Waals surface area contributed by atoms with E-state index in [0.29, 0.717) is 5.92 Å². The van der Waals surface area contributed by atoms with Gasteiger partial charge in [-0.05, 0) is 48.5 Å². The third-order valence-corrected chi connectivity index (χ3v) is 3.80. The Kier molecular flexibility index (Phi) is 3.19. The Balaban J connectivity index is 2.30. The highest BCUT2D eigenvalue weighted by Crippen LogP contribution is 2.39. The highest BCUT2D eigenvalue weighted by molar-refractivity contribution is 9.10. The van der Waals surface area contributed by atoms with E-state index in [9.17, 15) is 4.79 Å². The Morgan fingerprint density at radius 3 is 2.62 bits per heavy atom. The van der Waals surface area contributed by atoms with Crippen LogP contribution < -0.4 is 0 Å². The van der Waals surface area contributed by atoms with Gasteiger partial charge in [0.1, 0.15) is 5.69 Å². The van der Waals surface area contributed by atoms with E-state index in [1.54, 1.807) is 6.20 Å². The van der Waals surface area contributed by atoms with Crippen molar-refractivity contribution in [2.45, 2.75) is 39.7 Å². The summed E-state index contributed by atoms with van der Waals surface area (Å²) in [7, 11) is 0. The number of ketones is 1. The molecule has 1 saturated carbocycles. The maximum Gasteiger partial charge on any atom is 0.185 e. The number of rotatable bonds is 4. The second-order valence-electron chi connectivity index (χ2n) is 4.87. The molecule has 0 aliphatic heterocycles. The van der Waals surface area contributed by atoms with Crippen molar-refractivity contribution in [3.8, 4) is 0 Å². The first-order chi connectivity index (χ1) is 7.52. The van der Waals surface area contributed by atoms with Gasteiger partial charge in [-0.1, -0.05) is 6.92 Å². The van der Waals surface area contributed by atoms with Gasteiger partial charge in [0.15, 0.2) is 5.78 Å². The second kappa shape index (κ2) is 4.32. The van der Waals surface area contributed by atoms with Crippen molar-refractivity contribution in [3.63, 3.8) is 0 Å². The van der Waals surface area contributed by atoms with Crippen molar-refractivity contribution in [1.29, 1.82) is 0 Å². The van der Waals surface area contributed by atoms with Crippen LogP contribution in [0.4, 0.5) is 0 Å². The number of hydrogen-bond donors (Lipinski definition) is 0. The third kappa shape index (κ3) is 2.08. The van der Waals surface area contributed by atoms with Crippen molar-refractivity contribution in [3.05, 3.63) is 16.4 Å². The first-order valence-electron chi connectivity index (χ1n) is 5.79. The average Bonchev–Trinajstić information content (AvgIpc) is 2.99. The van der Waals surface area contributed by atoms with Crippen molar-refractivity contribution >= 4 is 21.7 Å². The number of Topliss-reactive ketones (excluding diaryl/α,β-unsaturated/α-hetero) is 1. The first kappa shape index (κ1) is 11.8. The van der Waals surface area contributed by atoms with Crippen LogP contribution in [0.1, 0.15) is 50.1 Å². The molecule has 88 valence electrons. The zero-order valence-corrected chi connectivity index (χ0v) is 11.5. The molecule has 1 heterocycles. The molecule has 1 aromatic rings. The van der Waals surface area contributed by atoms with Gasteiger partial charge in [-0.25, -0.2) is 0 Å². The maximum absolute atomic E-state index is 12.3. The molecule has 1 aliphatic rings. The lowest BCUT2D eigenvalue weighted by Gasteiger charge is -2.14. The molecule has 1 aliphatic carbocycles. The predicted octanol–water partition coefficient (Wildman–Crippen LogP) is 3.46. The molecule has 16 heavy (non-hydrogen) atoms. The van der Waals surface area contributed by atoms with Crippen LogP contribution in [-0.4, -0.2) is 15.6 Å². The number of aromatic nitrogens is 2. The minimum atomic E-state index is 0.130. The summed E-state index contributed by atoms with van der Waals surface area (Å²) in [6.07, 6.45) is 4.10. The molecule has 0 N–H and O–H groups in total. The quantitative estimate of drug-likeness (QED) is 0.794. The van der Waals surface area contributed by atoms with Gasteiger partial charge < -0.3 is 0 Å². The SMILES string of the molecule is CC(C(=O)c1c(Br)cnn1C(C)C)C1CC1. The van der Waals surface area contributed by atoms with Gasteiger partial charge in [0.25, 0.3) is 0 Å². The van der Waals surface area contributed by atoms with Gasteiger partial charge in [-0.15, -0.1) is 0 Å². The van der Waals surface area contributed by atoms with Crippen LogP contribution >= 0.6 is 15.9 Å². The molecule has 4 heteroatoms. The summed E-state index contributed by atoms with van der Waals surface area (Å²) in [5.41, 5.74) is 0.731. The highest BCUT2D eigenvalue weighted by atomic mass is 79.9. The van der Waals surface area contributed by atoms with Gasteiger partial charge in [0.2, 0.25) is 0 Å². The van der Waals surface area contributed by atoms with E-state index in [1.165, 1.54) is 12.8 Å². The molecule has 0 spiro atoms. The molecule has 1 atom stereocenters. The van der Waals surface area contributed by atoms with Gasteiger partial charge >= 0.3 is 0 Å². The fourth-order valence-electron chi connectivity index (χ4n) is 1.99. The maximum atomic E-state index is 12.3. The average molecular weight is 285 g/mol. The fraction of sp³-hybridized carbons (Fsp3) is 0.667. The summed E-state index contributed by atoms with van der Waals surface area (Å²) >= 11 is 3.42. The molecule has 3 nitrogen and oxygen atoms in total. The van der Waals surface area contributed by atoms with Crippen LogP contribution in [0.25, 0.3) is 0 Å². The molecule has 0 aromatic carbocycles. The van der Waals surface area contributed by atoms with Crippen LogP contribution in [0.5, 0.6) is 0 Å². The second-order valence-corrected chi connectivity index (χ2v) is 5.72. The minimum absolute atomic E-state index is 0.130. The number of carbonyl (C=O) groups excluding carboxylic acids is 1. The summed E-state index contributed by atoms with van der Waals surface area (Å²) in [6, 6.07) is 0.219. The van der Waals surface area contributed by atoms with Crippen molar-refractivity contribution < 1.29 is 4.79 Å². The summed E-state index contributed by atoms with van der Waals surface area (Å²) in [5, 5.41) is 4.25. The van der Waals surface area contributed by atoms with E-state index in [0.717, 1.165) is 10.2 Å². The Hall–Kier alpha value is -0.640. The van der Waals surface area contributed by atoms with Crippen molar-refractivity contribution in [2.75, 3.05) is 0 Å². The number of nitrogens with zero attached hydrogens (tertiary/aromatic N) is 2. The van der Waals surface area contributed by atoms with Crippen LogP contribution in [0, 0.1) is 11.8 Å². The molecular formula is C12H17BrN2O. The summed E-state index contributed by atoms with van der Waals surface area (Å²) in [6.45, 7) is 6.11. The molecule has 2 rings (SSSR count). The lowest BCUT2D eigenvalue weighted by Crippen LogP contribution is -2.20. The number of hydrogen-bond acceptors (Lipinski definition) is 2. The normalized spacial score (nSPS) is 17.8. The van der Waals surface area contributed by atoms with Gasteiger partial charge in [0, 0.05) is 12.0 Å². The van der Waals surface area contributed by atoms with E-state index >= 15 is 0 Å². The van der Waals surface area contributed by atoms with Crippen LogP contribution in [0.2, 0.25) is 0 Å². The zero-order valence-electron chi connectivity index (χ0n) is 9.90. The number of carbonyl (C=O) groups is 1. The van der Waals surface area contributed by atoms with Crippen molar-refractivity contribution in [1.82, 2.24) is 9.78 Å². The highest BCUT2D eigenvalue weighted by Gasteiger charge is 2.35. The topological polar surface area (TPSA) is 34.9 Å². The molecule has 1 aromatic heterocycles. The summed E-state index contributed by atoms with van der Waals surface area (Å²) in [5.74, 6) is 0.945. The Bertz CT molecular complexity index is 407. The molecule has 0 amide bonds. The Morgan fingerprint density at radius 1 is 1.50 bits per heavy atom.